The molecule has 0 saturated heterocycles. The van der Waals surface area contributed by atoms with Crippen molar-refractivity contribution in [2.75, 3.05) is 6.61 Å². The van der Waals surface area contributed by atoms with Gasteiger partial charge in [0, 0.05) is 0 Å². The summed E-state index contributed by atoms with van der Waals surface area (Å²) in [5, 5.41) is 0. The Labute approximate surface area is 118 Å². The van der Waals surface area contributed by atoms with E-state index in [1.165, 1.54) is 49.7 Å². The molecule has 106 valence electrons. The third-order valence-electron chi connectivity index (χ3n) is 3.10. The Balaban J connectivity index is 2.18. The molecule has 0 atom stereocenters. The number of allylic oxidation sites excluding steroid dienone is 1. The Bertz CT molecular complexity index is 358. The molecule has 1 aromatic rings. The molecule has 0 spiro atoms. The van der Waals surface area contributed by atoms with Crippen molar-refractivity contribution in [2.24, 2.45) is 0 Å². The summed E-state index contributed by atoms with van der Waals surface area (Å²) in [7, 11) is 0. The van der Waals surface area contributed by atoms with Crippen molar-refractivity contribution in [3.63, 3.8) is 0 Å². The zero-order chi connectivity index (χ0) is 13.9. The van der Waals surface area contributed by atoms with E-state index in [-0.39, 0.29) is 0 Å². The highest BCUT2D eigenvalue weighted by molar-refractivity contribution is 5.52. The highest BCUT2D eigenvalue weighted by atomic mass is 16.5. The number of hydrogen-bond donors (Lipinski definition) is 0. The molecule has 19 heavy (non-hydrogen) atoms. The third kappa shape index (κ3) is 7.71. The predicted octanol–water partition coefficient (Wildman–Crippen LogP) is 5.85. The van der Waals surface area contributed by atoms with Crippen LogP contribution in [0.15, 0.2) is 29.8 Å². The van der Waals surface area contributed by atoms with E-state index in [4.69, 9.17) is 4.74 Å². The van der Waals surface area contributed by atoms with Crippen molar-refractivity contribution in [1.82, 2.24) is 0 Å². The molecule has 0 fully saturated rings. The van der Waals surface area contributed by atoms with Crippen molar-refractivity contribution in [3.05, 3.63) is 35.4 Å². The molecule has 0 heterocycles. The maximum Gasteiger partial charge on any atom is 0.119 e. The van der Waals surface area contributed by atoms with Crippen LogP contribution in [0.4, 0.5) is 0 Å². The van der Waals surface area contributed by atoms with Crippen LogP contribution in [-0.4, -0.2) is 6.61 Å². The fourth-order valence-corrected chi connectivity index (χ4v) is 2.07. The molecule has 0 bridgehead atoms. The van der Waals surface area contributed by atoms with Crippen molar-refractivity contribution < 1.29 is 4.74 Å². The third-order valence-corrected chi connectivity index (χ3v) is 3.10. The lowest BCUT2D eigenvalue weighted by Gasteiger charge is -2.06. The lowest BCUT2D eigenvalue weighted by atomic mass is 10.1. The summed E-state index contributed by atoms with van der Waals surface area (Å²) < 4.78 is 5.75. The van der Waals surface area contributed by atoms with Gasteiger partial charge in [0.1, 0.15) is 5.75 Å². The van der Waals surface area contributed by atoms with Crippen LogP contribution in [0.2, 0.25) is 0 Å². The van der Waals surface area contributed by atoms with Gasteiger partial charge in [-0.2, -0.15) is 0 Å². The van der Waals surface area contributed by atoms with Crippen molar-refractivity contribution in [2.45, 2.75) is 59.3 Å². The second-order valence-electron chi connectivity index (χ2n) is 5.41. The molecule has 0 amide bonds. The minimum atomic E-state index is 0.841. The van der Waals surface area contributed by atoms with Crippen molar-refractivity contribution >= 4 is 6.08 Å². The monoisotopic (exact) mass is 260 g/mol. The summed E-state index contributed by atoms with van der Waals surface area (Å²) in [5.41, 5.74) is 2.56. The summed E-state index contributed by atoms with van der Waals surface area (Å²) in [6.07, 6.45) is 10.0. The van der Waals surface area contributed by atoms with Crippen LogP contribution in [0.25, 0.3) is 6.08 Å². The van der Waals surface area contributed by atoms with Gasteiger partial charge in [-0.25, -0.2) is 0 Å². The maximum atomic E-state index is 5.75. The predicted molar refractivity (Wildman–Crippen MR) is 84.6 cm³/mol. The number of ether oxygens (including phenoxy) is 1. The van der Waals surface area contributed by atoms with Crippen molar-refractivity contribution in [3.8, 4) is 5.75 Å². The maximum absolute atomic E-state index is 5.75. The average molecular weight is 260 g/mol. The smallest absolute Gasteiger partial charge is 0.119 e. The summed E-state index contributed by atoms with van der Waals surface area (Å²) in [6, 6.07) is 8.35. The Morgan fingerprint density at radius 2 is 1.58 bits per heavy atom. The molecular formula is C18H28O. The normalized spacial score (nSPS) is 10.3. The molecule has 0 saturated carbocycles. The van der Waals surface area contributed by atoms with E-state index in [2.05, 4.69) is 51.1 Å². The molecule has 0 aromatic heterocycles. The minimum Gasteiger partial charge on any atom is -0.494 e. The Morgan fingerprint density at radius 1 is 0.947 bits per heavy atom. The molecule has 1 nitrogen and oxygen atoms in total. The zero-order valence-electron chi connectivity index (χ0n) is 12.7. The standard InChI is InChI=1S/C18H28O/c1-4-5-6-7-8-9-14-19-18-12-10-17(11-13-18)15-16(2)3/h10-13,15H,4-9,14H2,1-3H3. The molecule has 1 heteroatoms. The van der Waals surface area contributed by atoms with E-state index in [1.54, 1.807) is 0 Å². The van der Waals surface area contributed by atoms with E-state index >= 15 is 0 Å². The molecule has 0 aliphatic heterocycles. The molecule has 0 radical (unpaired) electrons. The first-order chi connectivity index (χ1) is 9.22. The minimum absolute atomic E-state index is 0.841. The summed E-state index contributed by atoms with van der Waals surface area (Å²) in [5.74, 6) is 0.986. The first-order valence-corrected chi connectivity index (χ1v) is 7.60. The average Bonchev–Trinajstić information content (AvgIpc) is 2.39. The van der Waals surface area contributed by atoms with Crippen molar-refractivity contribution in [1.29, 1.82) is 0 Å². The lowest BCUT2D eigenvalue weighted by Crippen LogP contribution is -1.97. The van der Waals surface area contributed by atoms with Gasteiger partial charge in [-0.3, -0.25) is 0 Å². The molecule has 0 aliphatic rings. The molecule has 1 aromatic carbocycles. The Morgan fingerprint density at radius 3 is 2.21 bits per heavy atom. The molecule has 0 N–H and O–H groups in total. The van der Waals surface area contributed by atoms with Crippen LogP contribution < -0.4 is 4.74 Å². The second kappa shape index (κ2) is 9.66. The summed E-state index contributed by atoms with van der Waals surface area (Å²) in [6.45, 7) is 7.32. The van der Waals surface area contributed by atoms with Gasteiger partial charge in [0.25, 0.3) is 0 Å². The van der Waals surface area contributed by atoms with Gasteiger partial charge in [-0.05, 0) is 38.0 Å². The highest BCUT2D eigenvalue weighted by Crippen LogP contribution is 2.15. The zero-order valence-corrected chi connectivity index (χ0v) is 12.7. The highest BCUT2D eigenvalue weighted by Gasteiger charge is 1.95. The first kappa shape index (κ1) is 15.8. The van der Waals surface area contributed by atoms with Gasteiger partial charge in [-0.15, -0.1) is 0 Å². The lowest BCUT2D eigenvalue weighted by molar-refractivity contribution is 0.304. The molecular weight excluding hydrogens is 232 g/mol. The molecule has 1 rings (SSSR count). The Hall–Kier alpha value is -1.24. The van der Waals surface area contributed by atoms with Crippen LogP contribution >= 0.6 is 0 Å². The molecule has 0 unspecified atom stereocenters. The van der Waals surface area contributed by atoms with Gasteiger partial charge in [0.2, 0.25) is 0 Å². The van der Waals surface area contributed by atoms with Crippen LogP contribution in [0, 0.1) is 0 Å². The first-order valence-electron chi connectivity index (χ1n) is 7.60. The van der Waals surface area contributed by atoms with Gasteiger partial charge in [0.15, 0.2) is 0 Å². The SMILES string of the molecule is CCCCCCCCOc1ccc(C=C(C)C)cc1. The van der Waals surface area contributed by atoms with Gasteiger partial charge in [0.05, 0.1) is 6.61 Å². The van der Waals surface area contributed by atoms with E-state index in [9.17, 15) is 0 Å². The van der Waals surface area contributed by atoms with E-state index < -0.39 is 0 Å². The summed E-state index contributed by atoms with van der Waals surface area (Å²) in [4.78, 5) is 0. The van der Waals surface area contributed by atoms with Crippen LogP contribution in [0.1, 0.15) is 64.9 Å². The van der Waals surface area contributed by atoms with Crippen LogP contribution in [0.3, 0.4) is 0 Å². The quantitative estimate of drug-likeness (QED) is 0.506. The van der Waals surface area contributed by atoms with E-state index in [0.717, 1.165) is 12.4 Å². The van der Waals surface area contributed by atoms with Gasteiger partial charge in [-0.1, -0.05) is 62.8 Å². The van der Waals surface area contributed by atoms with Gasteiger partial charge >= 0.3 is 0 Å². The number of benzene rings is 1. The number of unbranched alkanes of at least 4 members (excludes halogenated alkanes) is 5. The van der Waals surface area contributed by atoms with E-state index in [1.807, 2.05) is 0 Å². The molecule has 0 aliphatic carbocycles. The van der Waals surface area contributed by atoms with E-state index in [0.29, 0.717) is 0 Å². The number of hydrogen-bond acceptors (Lipinski definition) is 1. The second-order valence-corrected chi connectivity index (χ2v) is 5.41. The fourth-order valence-electron chi connectivity index (χ4n) is 2.07. The summed E-state index contributed by atoms with van der Waals surface area (Å²) >= 11 is 0. The number of rotatable bonds is 9. The van der Waals surface area contributed by atoms with Crippen LogP contribution in [0.5, 0.6) is 5.75 Å². The largest absolute Gasteiger partial charge is 0.494 e. The van der Waals surface area contributed by atoms with Crippen LogP contribution in [-0.2, 0) is 0 Å². The van der Waals surface area contributed by atoms with Gasteiger partial charge < -0.3 is 4.74 Å². The topological polar surface area (TPSA) is 9.23 Å². The fraction of sp³-hybridized carbons (Fsp3) is 0.556. The Kier molecular flexibility index (Phi) is 8.04.